The Morgan fingerprint density at radius 2 is 2.06 bits per heavy atom. The summed E-state index contributed by atoms with van der Waals surface area (Å²) in [5, 5.41) is 10.1. The number of urea groups is 1. The molecular weight excluding hydrogens is 228 g/mol. The van der Waals surface area contributed by atoms with Gasteiger partial charge < -0.3 is 4.90 Å². The van der Waals surface area contributed by atoms with Gasteiger partial charge in [0.25, 0.3) is 5.91 Å². The van der Waals surface area contributed by atoms with Crippen molar-refractivity contribution in [3.63, 3.8) is 0 Å². The number of hydrazine groups is 1. The number of amides is 4. The zero-order valence-corrected chi connectivity index (χ0v) is 9.34. The second-order valence-electron chi connectivity index (χ2n) is 4.20. The summed E-state index contributed by atoms with van der Waals surface area (Å²) in [6.07, 6.45) is 1.04. The molecule has 2 aliphatic heterocycles. The van der Waals surface area contributed by atoms with Gasteiger partial charge in [0.2, 0.25) is 5.91 Å². The summed E-state index contributed by atoms with van der Waals surface area (Å²) in [5.41, 5.74) is 4.41. The van der Waals surface area contributed by atoms with Gasteiger partial charge in [0.1, 0.15) is 6.04 Å². The van der Waals surface area contributed by atoms with Crippen molar-refractivity contribution in [2.75, 3.05) is 6.54 Å². The predicted molar refractivity (Wildman–Crippen MR) is 54.5 cm³/mol. The second kappa shape index (κ2) is 4.21. The normalized spacial score (nSPS) is 27.1. The van der Waals surface area contributed by atoms with Gasteiger partial charge in [-0.1, -0.05) is 0 Å². The first-order valence-electron chi connectivity index (χ1n) is 5.36. The van der Waals surface area contributed by atoms with E-state index in [9.17, 15) is 19.6 Å². The molecule has 2 fully saturated rings. The van der Waals surface area contributed by atoms with Crippen LogP contribution in [0.3, 0.4) is 0 Å². The maximum atomic E-state index is 11.7. The van der Waals surface area contributed by atoms with Crippen molar-refractivity contribution in [1.29, 1.82) is 0 Å². The Kier molecular flexibility index (Phi) is 2.88. The van der Waals surface area contributed by atoms with E-state index in [1.165, 1.54) is 11.8 Å². The van der Waals surface area contributed by atoms with E-state index in [0.717, 1.165) is 0 Å². The monoisotopic (exact) mass is 242 g/mol. The fraction of sp³-hybridized carbons (Fsp3) is 0.667. The Balaban J connectivity index is 2.00. The summed E-state index contributed by atoms with van der Waals surface area (Å²) in [6, 6.07) is -1.43. The molecule has 2 bridgehead atoms. The molecule has 17 heavy (non-hydrogen) atoms. The molecule has 8 heteroatoms. The van der Waals surface area contributed by atoms with Crippen LogP contribution in [0.4, 0.5) is 4.79 Å². The number of carbonyl (C=O) groups excluding carboxylic acids is 3. The maximum Gasteiger partial charge on any atom is 0.344 e. The van der Waals surface area contributed by atoms with Crippen LogP contribution in [0.2, 0.25) is 0 Å². The van der Waals surface area contributed by atoms with Crippen molar-refractivity contribution in [3.8, 4) is 0 Å². The molecule has 0 aromatic rings. The van der Waals surface area contributed by atoms with Crippen LogP contribution < -0.4 is 10.9 Å². The number of nitrogens with zero attached hydrogens (tertiary/aromatic N) is 2. The van der Waals surface area contributed by atoms with Crippen LogP contribution in [-0.2, 0) is 9.59 Å². The lowest BCUT2D eigenvalue weighted by Gasteiger charge is -2.29. The van der Waals surface area contributed by atoms with E-state index in [0.29, 0.717) is 24.4 Å². The summed E-state index contributed by atoms with van der Waals surface area (Å²) in [4.78, 5) is 35.3. The Bertz CT molecular complexity index is 372. The average Bonchev–Trinajstić information content (AvgIpc) is 2.52. The first-order valence-corrected chi connectivity index (χ1v) is 5.36. The van der Waals surface area contributed by atoms with Crippen molar-refractivity contribution in [1.82, 2.24) is 20.8 Å². The molecule has 2 rings (SSSR count). The highest BCUT2D eigenvalue weighted by atomic mass is 16.5. The zero-order chi connectivity index (χ0) is 12.6. The summed E-state index contributed by atoms with van der Waals surface area (Å²) >= 11 is 0. The number of hydrogen-bond donors (Lipinski definition) is 3. The van der Waals surface area contributed by atoms with E-state index in [1.54, 1.807) is 0 Å². The highest BCUT2D eigenvalue weighted by Gasteiger charge is 2.46. The summed E-state index contributed by atoms with van der Waals surface area (Å²) in [5.74, 6) is -0.828. The lowest BCUT2D eigenvalue weighted by Crippen LogP contribution is -2.53. The Morgan fingerprint density at radius 1 is 1.35 bits per heavy atom. The smallest absolute Gasteiger partial charge is 0.309 e. The van der Waals surface area contributed by atoms with Crippen molar-refractivity contribution in [2.24, 2.45) is 0 Å². The quantitative estimate of drug-likeness (QED) is 0.397. The molecule has 8 nitrogen and oxygen atoms in total. The first-order chi connectivity index (χ1) is 8.00. The van der Waals surface area contributed by atoms with Crippen LogP contribution in [0.1, 0.15) is 19.8 Å². The van der Waals surface area contributed by atoms with E-state index in [1.807, 2.05) is 0 Å². The van der Waals surface area contributed by atoms with E-state index in [2.05, 4.69) is 10.9 Å². The van der Waals surface area contributed by atoms with Crippen molar-refractivity contribution in [3.05, 3.63) is 0 Å². The maximum absolute atomic E-state index is 11.7. The zero-order valence-electron chi connectivity index (χ0n) is 9.34. The molecule has 4 amide bonds. The van der Waals surface area contributed by atoms with Crippen LogP contribution in [0.5, 0.6) is 0 Å². The SMILES string of the molecule is CC(=O)NNC(=O)[C@@H]1CCC2CN1C(=O)N2O. The number of carbonyl (C=O) groups is 3. The van der Waals surface area contributed by atoms with Crippen LogP contribution in [0, 0.1) is 0 Å². The summed E-state index contributed by atoms with van der Waals surface area (Å²) < 4.78 is 0. The fourth-order valence-corrected chi connectivity index (χ4v) is 2.16. The summed E-state index contributed by atoms with van der Waals surface area (Å²) in [6.45, 7) is 1.61. The highest BCUT2D eigenvalue weighted by Crippen LogP contribution is 2.28. The first kappa shape index (κ1) is 11.6. The average molecular weight is 242 g/mol. The molecule has 2 aliphatic rings. The molecule has 2 saturated heterocycles. The molecule has 0 spiro atoms. The fourth-order valence-electron chi connectivity index (χ4n) is 2.16. The minimum Gasteiger partial charge on any atom is -0.309 e. The number of hydrogen-bond acceptors (Lipinski definition) is 4. The third-order valence-corrected chi connectivity index (χ3v) is 3.01. The van der Waals surface area contributed by atoms with Crippen LogP contribution in [0.25, 0.3) is 0 Å². The third kappa shape index (κ3) is 2.03. The van der Waals surface area contributed by atoms with E-state index in [-0.39, 0.29) is 11.9 Å². The van der Waals surface area contributed by atoms with Gasteiger partial charge in [0, 0.05) is 13.5 Å². The molecule has 0 aromatic heterocycles. The molecule has 94 valence electrons. The van der Waals surface area contributed by atoms with Gasteiger partial charge in [-0.3, -0.25) is 25.6 Å². The molecule has 3 N–H and O–H groups in total. The van der Waals surface area contributed by atoms with E-state index in [4.69, 9.17) is 0 Å². The minimum absolute atomic E-state index is 0.229. The van der Waals surface area contributed by atoms with Crippen LogP contribution >= 0.6 is 0 Å². The molecule has 0 aliphatic carbocycles. The molecule has 0 aromatic carbocycles. The van der Waals surface area contributed by atoms with E-state index < -0.39 is 18.0 Å². The topological polar surface area (TPSA) is 102 Å². The highest BCUT2D eigenvalue weighted by molar-refractivity contribution is 5.89. The Morgan fingerprint density at radius 3 is 2.71 bits per heavy atom. The Labute approximate surface area is 97.5 Å². The van der Waals surface area contributed by atoms with Gasteiger partial charge in [-0.05, 0) is 12.8 Å². The lowest BCUT2D eigenvalue weighted by atomic mass is 10.0. The number of piperidine rings is 1. The molecule has 1 unspecified atom stereocenters. The number of hydroxylamine groups is 2. The van der Waals surface area contributed by atoms with Crippen molar-refractivity contribution >= 4 is 17.8 Å². The standard InChI is InChI=1S/C9H14N4O4/c1-5(14)10-11-8(15)7-3-2-6-4-12(7)9(16)13(6)17/h6-7,17H,2-4H2,1H3,(H,10,14)(H,11,15)/t6?,7-/m0/s1. The Hall–Kier alpha value is -1.83. The molecule has 0 radical (unpaired) electrons. The van der Waals surface area contributed by atoms with Gasteiger partial charge in [-0.25, -0.2) is 9.86 Å². The largest absolute Gasteiger partial charge is 0.344 e. The van der Waals surface area contributed by atoms with Crippen LogP contribution in [-0.4, -0.2) is 51.6 Å². The van der Waals surface area contributed by atoms with Crippen LogP contribution in [0.15, 0.2) is 0 Å². The molecule has 2 heterocycles. The van der Waals surface area contributed by atoms with Gasteiger partial charge in [0.15, 0.2) is 0 Å². The van der Waals surface area contributed by atoms with Gasteiger partial charge >= 0.3 is 6.03 Å². The van der Waals surface area contributed by atoms with Crippen molar-refractivity contribution < 1.29 is 19.6 Å². The molecular formula is C9H14N4O4. The van der Waals surface area contributed by atoms with Crippen molar-refractivity contribution in [2.45, 2.75) is 31.8 Å². The number of nitrogens with one attached hydrogen (secondary N) is 2. The summed E-state index contributed by atoms with van der Waals surface area (Å²) in [7, 11) is 0. The van der Waals surface area contributed by atoms with E-state index >= 15 is 0 Å². The minimum atomic E-state index is -0.636. The van der Waals surface area contributed by atoms with Gasteiger partial charge in [0.05, 0.1) is 6.04 Å². The van der Waals surface area contributed by atoms with Gasteiger partial charge in [-0.2, -0.15) is 0 Å². The van der Waals surface area contributed by atoms with Gasteiger partial charge in [-0.15, -0.1) is 0 Å². The predicted octanol–water partition coefficient (Wildman–Crippen LogP) is -1.19. The number of rotatable bonds is 1. The number of fused-ring (bicyclic) bond motifs is 2. The molecule has 2 atom stereocenters. The third-order valence-electron chi connectivity index (χ3n) is 3.01. The second-order valence-corrected chi connectivity index (χ2v) is 4.20. The molecule has 0 saturated carbocycles. The lowest BCUT2D eigenvalue weighted by molar-refractivity contribution is -0.131.